The SMILES string of the molecule is CC(C)CCCCCCCCCCCCCCC(O)CCCS(=O)(=O)O. The molecule has 0 aliphatic heterocycles. The molecule has 0 bridgehead atoms. The third-order valence-electron chi connectivity index (χ3n) is 5.01. The van der Waals surface area contributed by atoms with Crippen LogP contribution in [-0.4, -0.2) is 29.9 Å². The fourth-order valence-corrected chi connectivity index (χ4v) is 3.88. The van der Waals surface area contributed by atoms with Crippen molar-refractivity contribution in [1.29, 1.82) is 0 Å². The molecule has 0 rings (SSSR count). The largest absolute Gasteiger partial charge is 0.393 e. The Balaban J connectivity index is 3.19. The molecule has 0 spiro atoms. The molecule has 5 heteroatoms. The first-order chi connectivity index (χ1) is 12.3. The molecule has 1 atom stereocenters. The summed E-state index contributed by atoms with van der Waals surface area (Å²) < 4.78 is 29.8. The van der Waals surface area contributed by atoms with Gasteiger partial charge in [-0.3, -0.25) is 4.55 Å². The number of aliphatic hydroxyl groups excluding tert-OH is 1. The molecule has 0 amide bonds. The van der Waals surface area contributed by atoms with Gasteiger partial charge in [-0.05, 0) is 25.2 Å². The topological polar surface area (TPSA) is 74.6 Å². The minimum atomic E-state index is -3.88. The molecule has 0 radical (unpaired) electrons. The highest BCUT2D eigenvalue weighted by Crippen LogP contribution is 2.15. The van der Waals surface area contributed by atoms with Crippen molar-refractivity contribution in [2.45, 2.75) is 123 Å². The lowest BCUT2D eigenvalue weighted by molar-refractivity contribution is 0.150. The Labute approximate surface area is 162 Å². The van der Waals surface area contributed by atoms with E-state index in [1.54, 1.807) is 0 Å². The number of aliphatic hydroxyl groups is 1. The van der Waals surface area contributed by atoms with Crippen LogP contribution in [0.5, 0.6) is 0 Å². The van der Waals surface area contributed by atoms with E-state index in [2.05, 4.69) is 13.8 Å². The van der Waals surface area contributed by atoms with E-state index >= 15 is 0 Å². The fourth-order valence-electron chi connectivity index (χ4n) is 3.35. The molecule has 0 fully saturated rings. The van der Waals surface area contributed by atoms with Crippen molar-refractivity contribution < 1.29 is 18.1 Å². The molecule has 0 aromatic carbocycles. The van der Waals surface area contributed by atoms with Crippen LogP contribution >= 0.6 is 0 Å². The number of hydrogen-bond donors (Lipinski definition) is 2. The van der Waals surface area contributed by atoms with E-state index in [0.717, 1.165) is 25.2 Å². The molecule has 0 aromatic rings. The van der Waals surface area contributed by atoms with E-state index in [9.17, 15) is 13.5 Å². The maximum absolute atomic E-state index is 10.6. The zero-order valence-electron chi connectivity index (χ0n) is 17.3. The Hall–Kier alpha value is -0.130. The van der Waals surface area contributed by atoms with E-state index in [0.29, 0.717) is 12.8 Å². The Kier molecular flexibility index (Phi) is 16.9. The third kappa shape index (κ3) is 21.9. The Morgan fingerprint density at radius 3 is 1.35 bits per heavy atom. The van der Waals surface area contributed by atoms with Crippen molar-refractivity contribution in [2.75, 3.05) is 5.75 Å². The summed E-state index contributed by atoms with van der Waals surface area (Å²) in [6.45, 7) is 4.60. The van der Waals surface area contributed by atoms with E-state index < -0.39 is 16.2 Å². The summed E-state index contributed by atoms with van der Waals surface area (Å²) in [5.41, 5.74) is 0. The standard InChI is InChI=1S/C21H44O4S/c1-20(2)16-13-11-9-7-5-3-4-6-8-10-12-14-17-21(22)18-15-19-26(23,24)25/h20-22H,3-19H2,1-2H3,(H,23,24,25). The van der Waals surface area contributed by atoms with Crippen LogP contribution < -0.4 is 0 Å². The highest BCUT2D eigenvalue weighted by atomic mass is 32.2. The third-order valence-corrected chi connectivity index (χ3v) is 5.81. The second-order valence-electron chi connectivity index (χ2n) is 8.30. The van der Waals surface area contributed by atoms with Crippen molar-refractivity contribution >= 4 is 10.1 Å². The van der Waals surface area contributed by atoms with Crippen LogP contribution in [-0.2, 0) is 10.1 Å². The molecule has 0 aromatic heterocycles. The van der Waals surface area contributed by atoms with Crippen molar-refractivity contribution in [2.24, 2.45) is 5.92 Å². The van der Waals surface area contributed by atoms with Crippen molar-refractivity contribution in [3.05, 3.63) is 0 Å². The van der Waals surface area contributed by atoms with Crippen LogP contribution in [0.4, 0.5) is 0 Å². The van der Waals surface area contributed by atoms with Gasteiger partial charge in [0.25, 0.3) is 10.1 Å². The van der Waals surface area contributed by atoms with Gasteiger partial charge < -0.3 is 5.11 Å². The predicted molar refractivity (Wildman–Crippen MR) is 111 cm³/mol. The van der Waals surface area contributed by atoms with Gasteiger partial charge in [-0.15, -0.1) is 0 Å². The molecular formula is C21H44O4S. The summed E-state index contributed by atoms with van der Waals surface area (Å²) in [5, 5.41) is 9.77. The normalized spacial score (nSPS) is 13.4. The maximum atomic E-state index is 10.6. The van der Waals surface area contributed by atoms with Gasteiger partial charge in [0.05, 0.1) is 11.9 Å². The molecular weight excluding hydrogens is 348 g/mol. The van der Waals surface area contributed by atoms with Crippen molar-refractivity contribution in [1.82, 2.24) is 0 Å². The van der Waals surface area contributed by atoms with E-state index in [-0.39, 0.29) is 5.75 Å². The monoisotopic (exact) mass is 392 g/mol. The second kappa shape index (κ2) is 17.0. The molecule has 158 valence electrons. The average Bonchev–Trinajstić information content (AvgIpc) is 2.53. The van der Waals surface area contributed by atoms with Gasteiger partial charge in [-0.2, -0.15) is 8.42 Å². The Bertz CT molecular complexity index is 393. The molecule has 0 heterocycles. The maximum Gasteiger partial charge on any atom is 0.264 e. The lowest BCUT2D eigenvalue weighted by Gasteiger charge is -2.09. The second-order valence-corrected chi connectivity index (χ2v) is 9.87. The first-order valence-corrected chi connectivity index (χ1v) is 12.6. The lowest BCUT2D eigenvalue weighted by atomic mass is 10.0. The molecule has 26 heavy (non-hydrogen) atoms. The number of rotatable bonds is 19. The highest BCUT2D eigenvalue weighted by Gasteiger charge is 2.08. The van der Waals surface area contributed by atoms with Crippen molar-refractivity contribution in [3.63, 3.8) is 0 Å². The number of unbranched alkanes of at least 4 members (excludes halogenated alkanes) is 11. The quantitative estimate of drug-likeness (QED) is 0.205. The molecule has 0 saturated carbocycles. The zero-order valence-corrected chi connectivity index (χ0v) is 18.1. The van der Waals surface area contributed by atoms with Gasteiger partial charge in [0.2, 0.25) is 0 Å². The van der Waals surface area contributed by atoms with Crippen LogP contribution in [0.2, 0.25) is 0 Å². The predicted octanol–water partition coefficient (Wildman–Crippen LogP) is 6.13. The van der Waals surface area contributed by atoms with Gasteiger partial charge in [-0.25, -0.2) is 0 Å². The van der Waals surface area contributed by atoms with E-state index in [4.69, 9.17) is 4.55 Å². The summed E-state index contributed by atoms with van der Waals surface area (Å²) >= 11 is 0. The zero-order chi connectivity index (χ0) is 19.7. The molecule has 0 aliphatic carbocycles. The van der Waals surface area contributed by atoms with Crippen LogP contribution in [0.3, 0.4) is 0 Å². The Morgan fingerprint density at radius 1 is 0.615 bits per heavy atom. The molecule has 0 saturated heterocycles. The minimum absolute atomic E-state index is 0.248. The fraction of sp³-hybridized carbons (Fsp3) is 1.00. The Morgan fingerprint density at radius 2 is 0.962 bits per heavy atom. The minimum Gasteiger partial charge on any atom is -0.393 e. The summed E-state index contributed by atoms with van der Waals surface area (Å²) in [7, 11) is -3.88. The molecule has 1 unspecified atom stereocenters. The molecule has 4 nitrogen and oxygen atoms in total. The van der Waals surface area contributed by atoms with Gasteiger partial charge in [0.1, 0.15) is 0 Å². The highest BCUT2D eigenvalue weighted by molar-refractivity contribution is 7.85. The number of hydrogen-bond acceptors (Lipinski definition) is 3. The van der Waals surface area contributed by atoms with Gasteiger partial charge in [0, 0.05) is 0 Å². The molecule has 2 N–H and O–H groups in total. The summed E-state index contributed by atoms with van der Waals surface area (Å²) in [4.78, 5) is 0. The van der Waals surface area contributed by atoms with E-state index in [1.807, 2.05) is 0 Å². The summed E-state index contributed by atoms with van der Waals surface area (Å²) in [5.74, 6) is 0.602. The van der Waals surface area contributed by atoms with Crippen LogP contribution in [0.25, 0.3) is 0 Å². The van der Waals surface area contributed by atoms with Gasteiger partial charge >= 0.3 is 0 Å². The first kappa shape index (κ1) is 25.9. The first-order valence-electron chi connectivity index (χ1n) is 10.9. The average molecular weight is 393 g/mol. The van der Waals surface area contributed by atoms with E-state index in [1.165, 1.54) is 70.6 Å². The summed E-state index contributed by atoms with van der Waals surface area (Å²) in [6, 6.07) is 0. The summed E-state index contributed by atoms with van der Waals surface area (Å²) in [6.07, 6.45) is 18.2. The van der Waals surface area contributed by atoms with Crippen LogP contribution in [0.15, 0.2) is 0 Å². The van der Waals surface area contributed by atoms with Gasteiger partial charge in [0.15, 0.2) is 0 Å². The smallest absolute Gasteiger partial charge is 0.264 e. The lowest BCUT2D eigenvalue weighted by Crippen LogP contribution is -2.10. The van der Waals surface area contributed by atoms with Crippen LogP contribution in [0, 0.1) is 5.92 Å². The van der Waals surface area contributed by atoms with Crippen LogP contribution in [0.1, 0.15) is 117 Å². The van der Waals surface area contributed by atoms with Crippen molar-refractivity contribution in [3.8, 4) is 0 Å². The molecule has 0 aliphatic rings. The van der Waals surface area contributed by atoms with Gasteiger partial charge in [-0.1, -0.05) is 97.3 Å².